The van der Waals surface area contributed by atoms with Crippen LogP contribution >= 0.6 is 0 Å². The Morgan fingerprint density at radius 2 is 1.64 bits per heavy atom. The molecule has 162 valence electrons. The number of halogens is 1. The van der Waals surface area contributed by atoms with Crippen LogP contribution in [-0.4, -0.2) is 26.9 Å². The van der Waals surface area contributed by atoms with Gasteiger partial charge < -0.3 is 4.57 Å². The Kier molecular flexibility index (Phi) is 5.24. The zero-order chi connectivity index (χ0) is 22.8. The number of pyridine rings is 1. The SMILES string of the molecule is O=C(Cn1c2ccccc2c(=O)c2ccccc21)N/N=C/c1cn[nH]c1-c1ccc(F)cc1. The Bertz CT molecular complexity index is 1510. The van der Waals surface area contributed by atoms with Gasteiger partial charge in [-0.2, -0.15) is 10.2 Å². The van der Waals surface area contributed by atoms with Crippen LogP contribution in [0.4, 0.5) is 4.39 Å². The number of benzene rings is 3. The molecule has 0 aliphatic heterocycles. The average molecular weight is 439 g/mol. The van der Waals surface area contributed by atoms with E-state index in [9.17, 15) is 14.0 Å². The first-order valence-electron chi connectivity index (χ1n) is 10.2. The summed E-state index contributed by atoms with van der Waals surface area (Å²) in [4.78, 5) is 25.5. The van der Waals surface area contributed by atoms with Crippen molar-refractivity contribution < 1.29 is 9.18 Å². The summed E-state index contributed by atoms with van der Waals surface area (Å²) in [5.74, 6) is -0.680. The fourth-order valence-electron chi connectivity index (χ4n) is 3.84. The van der Waals surface area contributed by atoms with Gasteiger partial charge in [0.25, 0.3) is 5.91 Å². The van der Waals surface area contributed by atoms with Gasteiger partial charge in [0.2, 0.25) is 0 Å². The molecule has 5 rings (SSSR count). The van der Waals surface area contributed by atoms with Crippen molar-refractivity contribution in [3.63, 3.8) is 0 Å². The number of nitrogens with zero attached hydrogens (tertiary/aromatic N) is 3. The topological polar surface area (TPSA) is 92.1 Å². The van der Waals surface area contributed by atoms with E-state index in [2.05, 4.69) is 20.7 Å². The van der Waals surface area contributed by atoms with E-state index in [1.807, 2.05) is 24.3 Å². The molecule has 2 aromatic heterocycles. The summed E-state index contributed by atoms with van der Waals surface area (Å²) >= 11 is 0. The van der Waals surface area contributed by atoms with Crippen molar-refractivity contribution >= 4 is 33.9 Å². The van der Waals surface area contributed by atoms with Crippen LogP contribution in [0.2, 0.25) is 0 Å². The standard InChI is InChI=1S/C25H18FN5O2/c26-18-11-9-16(10-12-18)24-17(14-28-30-24)13-27-29-23(32)15-31-21-7-3-1-5-19(21)25(33)20-6-2-4-8-22(20)31/h1-14H,15H2,(H,28,30)(H,29,32)/b27-13+. The smallest absolute Gasteiger partial charge is 0.260 e. The summed E-state index contributed by atoms with van der Waals surface area (Å²) in [7, 11) is 0. The number of amides is 1. The van der Waals surface area contributed by atoms with Crippen molar-refractivity contribution in [2.75, 3.05) is 0 Å². The van der Waals surface area contributed by atoms with Gasteiger partial charge in [-0.3, -0.25) is 14.7 Å². The molecule has 0 radical (unpaired) electrons. The monoisotopic (exact) mass is 439 g/mol. The fraction of sp³-hybridized carbons (Fsp3) is 0.0400. The minimum absolute atomic E-state index is 0.0190. The van der Waals surface area contributed by atoms with Gasteiger partial charge in [-0.15, -0.1) is 0 Å². The molecule has 3 aromatic carbocycles. The van der Waals surface area contributed by atoms with Crippen molar-refractivity contribution in [2.45, 2.75) is 6.54 Å². The van der Waals surface area contributed by atoms with Gasteiger partial charge in [0.05, 0.1) is 29.1 Å². The van der Waals surface area contributed by atoms with Gasteiger partial charge in [0.15, 0.2) is 5.43 Å². The lowest BCUT2D eigenvalue weighted by molar-refractivity contribution is -0.121. The highest BCUT2D eigenvalue weighted by Crippen LogP contribution is 2.20. The second-order valence-corrected chi connectivity index (χ2v) is 7.45. The molecule has 5 aromatic rings. The number of hydrogen-bond acceptors (Lipinski definition) is 4. The zero-order valence-corrected chi connectivity index (χ0v) is 17.3. The predicted molar refractivity (Wildman–Crippen MR) is 125 cm³/mol. The van der Waals surface area contributed by atoms with Crippen molar-refractivity contribution in [1.29, 1.82) is 0 Å². The van der Waals surface area contributed by atoms with Crippen LogP contribution in [0, 0.1) is 5.82 Å². The number of hydrogen-bond donors (Lipinski definition) is 2. The Balaban J connectivity index is 1.40. The number of aromatic nitrogens is 3. The largest absolute Gasteiger partial charge is 0.331 e. The molecule has 2 heterocycles. The number of aromatic amines is 1. The summed E-state index contributed by atoms with van der Waals surface area (Å²) in [5, 5.41) is 12.0. The third-order valence-electron chi connectivity index (χ3n) is 5.38. The van der Waals surface area contributed by atoms with Crippen LogP contribution in [0.1, 0.15) is 5.56 Å². The normalized spacial score (nSPS) is 11.4. The highest BCUT2D eigenvalue weighted by Gasteiger charge is 2.12. The first kappa shape index (κ1) is 20.3. The molecular weight excluding hydrogens is 421 g/mol. The lowest BCUT2D eigenvalue weighted by atomic mass is 10.1. The highest BCUT2D eigenvalue weighted by molar-refractivity contribution is 5.95. The molecule has 0 atom stereocenters. The summed E-state index contributed by atoms with van der Waals surface area (Å²) < 4.78 is 15.0. The highest BCUT2D eigenvalue weighted by atomic mass is 19.1. The molecule has 0 unspecified atom stereocenters. The van der Waals surface area contributed by atoms with Crippen LogP contribution in [0.15, 0.2) is 88.9 Å². The molecule has 2 N–H and O–H groups in total. The summed E-state index contributed by atoms with van der Waals surface area (Å²) in [6.07, 6.45) is 3.04. The minimum Gasteiger partial charge on any atom is -0.331 e. The van der Waals surface area contributed by atoms with Gasteiger partial charge in [-0.25, -0.2) is 9.82 Å². The van der Waals surface area contributed by atoms with Crippen LogP contribution in [0.25, 0.3) is 33.1 Å². The van der Waals surface area contributed by atoms with Gasteiger partial charge in [-0.1, -0.05) is 24.3 Å². The second kappa shape index (κ2) is 8.51. The van der Waals surface area contributed by atoms with Crippen molar-refractivity contribution in [3.8, 4) is 11.3 Å². The lowest BCUT2D eigenvalue weighted by Gasteiger charge is -2.14. The van der Waals surface area contributed by atoms with Gasteiger partial charge >= 0.3 is 0 Å². The summed E-state index contributed by atoms with van der Waals surface area (Å²) in [6, 6.07) is 20.4. The quantitative estimate of drug-likeness (QED) is 0.248. The second-order valence-electron chi connectivity index (χ2n) is 7.45. The molecule has 0 saturated carbocycles. The molecule has 0 bridgehead atoms. The van der Waals surface area contributed by atoms with Crippen LogP contribution in [0.5, 0.6) is 0 Å². The van der Waals surface area contributed by atoms with Gasteiger partial charge in [-0.05, 0) is 48.5 Å². The van der Waals surface area contributed by atoms with E-state index in [4.69, 9.17) is 0 Å². The van der Waals surface area contributed by atoms with Crippen molar-refractivity contribution in [1.82, 2.24) is 20.2 Å². The number of para-hydroxylation sites is 2. The number of fused-ring (bicyclic) bond motifs is 2. The molecule has 33 heavy (non-hydrogen) atoms. The summed E-state index contributed by atoms with van der Waals surface area (Å²) in [6.45, 7) is -0.0190. The van der Waals surface area contributed by atoms with E-state index in [0.717, 1.165) is 5.56 Å². The molecule has 7 nitrogen and oxygen atoms in total. The first-order valence-corrected chi connectivity index (χ1v) is 10.2. The summed E-state index contributed by atoms with van der Waals surface area (Å²) in [5.41, 5.74) is 5.86. The molecule has 0 spiro atoms. The Labute approximate surface area is 187 Å². The Morgan fingerprint density at radius 3 is 2.30 bits per heavy atom. The first-order chi connectivity index (χ1) is 16.1. The molecule has 1 amide bonds. The maximum atomic E-state index is 13.2. The number of hydrazone groups is 1. The average Bonchev–Trinajstić information content (AvgIpc) is 3.31. The molecule has 0 aliphatic rings. The molecule has 0 fully saturated rings. The molecule has 0 saturated heterocycles. The number of nitrogens with one attached hydrogen (secondary N) is 2. The van der Waals surface area contributed by atoms with Crippen LogP contribution in [0.3, 0.4) is 0 Å². The van der Waals surface area contributed by atoms with E-state index in [1.54, 1.807) is 47.2 Å². The third kappa shape index (κ3) is 3.89. The number of rotatable bonds is 5. The van der Waals surface area contributed by atoms with Crippen molar-refractivity contribution in [2.24, 2.45) is 5.10 Å². The van der Waals surface area contributed by atoms with Crippen LogP contribution < -0.4 is 10.9 Å². The van der Waals surface area contributed by atoms with Gasteiger partial charge in [0.1, 0.15) is 12.4 Å². The van der Waals surface area contributed by atoms with E-state index >= 15 is 0 Å². The number of H-pyrrole nitrogens is 1. The molecule has 0 aliphatic carbocycles. The number of carbonyl (C=O) groups excluding carboxylic acids is 1. The van der Waals surface area contributed by atoms with Gasteiger partial charge in [0, 0.05) is 21.9 Å². The molecular formula is C25H18FN5O2. The fourth-order valence-corrected chi connectivity index (χ4v) is 3.84. The molecule has 8 heteroatoms. The maximum Gasteiger partial charge on any atom is 0.260 e. The third-order valence-corrected chi connectivity index (χ3v) is 5.38. The van der Waals surface area contributed by atoms with E-state index in [0.29, 0.717) is 33.1 Å². The maximum absolute atomic E-state index is 13.2. The van der Waals surface area contributed by atoms with E-state index in [1.165, 1.54) is 18.3 Å². The van der Waals surface area contributed by atoms with Crippen molar-refractivity contribution in [3.05, 3.63) is 101 Å². The number of carbonyl (C=O) groups is 1. The van der Waals surface area contributed by atoms with Crippen LogP contribution in [-0.2, 0) is 11.3 Å². The van der Waals surface area contributed by atoms with E-state index in [-0.39, 0.29) is 23.7 Å². The zero-order valence-electron chi connectivity index (χ0n) is 17.3. The minimum atomic E-state index is -0.350. The van der Waals surface area contributed by atoms with E-state index < -0.39 is 0 Å². The Hall–Kier alpha value is -4.59. The Morgan fingerprint density at radius 1 is 1.00 bits per heavy atom. The lowest BCUT2D eigenvalue weighted by Crippen LogP contribution is -2.25. The predicted octanol–water partition coefficient (Wildman–Crippen LogP) is 3.83.